The molecule has 0 aromatic heterocycles. The summed E-state index contributed by atoms with van der Waals surface area (Å²) in [5.74, 6) is 0. The van der Waals surface area contributed by atoms with Crippen LogP contribution in [0.25, 0.3) is 10.4 Å². The van der Waals surface area contributed by atoms with E-state index < -0.39 is 12.3 Å². The summed E-state index contributed by atoms with van der Waals surface area (Å²) in [4.78, 5) is 2.85. The minimum Gasteiger partial charge on any atom is -0.370 e. The van der Waals surface area contributed by atoms with Gasteiger partial charge in [-0.05, 0) is 11.1 Å². The summed E-state index contributed by atoms with van der Waals surface area (Å²) in [5, 5.41) is 3.73. The van der Waals surface area contributed by atoms with Crippen molar-refractivity contribution in [3.8, 4) is 0 Å². The Labute approximate surface area is 116 Å². The molecule has 106 valence electrons. The zero-order valence-electron chi connectivity index (χ0n) is 11.0. The average molecular weight is 277 g/mol. The Morgan fingerprint density at radius 3 is 2.80 bits per heavy atom. The van der Waals surface area contributed by atoms with E-state index >= 15 is 0 Å². The third-order valence-electron chi connectivity index (χ3n) is 3.39. The molecule has 5 atom stereocenters. The van der Waals surface area contributed by atoms with Crippen LogP contribution in [0.1, 0.15) is 5.56 Å². The van der Waals surface area contributed by atoms with Crippen LogP contribution in [0.4, 0.5) is 0 Å². The average Bonchev–Trinajstić information content (AvgIpc) is 3.26. The van der Waals surface area contributed by atoms with Crippen molar-refractivity contribution in [2.24, 2.45) is 5.11 Å². The summed E-state index contributed by atoms with van der Waals surface area (Å²) in [6, 6.07) is 9.23. The van der Waals surface area contributed by atoms with Crippen molar-refractivity contribution in [2.45, 2.75) is 37.4 Å². The first kappa shape index (κ1) is 13.4. The molecule has 3 rings (SSSR count). The van der Waals surface area contributed by atoms with E-state index in [1.54, 1.807) is 0 Å². The summed E-state index contributed by atoms with van der Waals surface area (Å²) >= 11 is 0. The summed E-state index contributed by atoms with van der Waals surface area (Å²) < 4.78 is 21.9. The molecule has 0 saturated carbocycles. The first-order chi connectivity index (χ1) is 9.83. The molecule has 2 fully saturated rings. The molecule has 2 aliphatic heterocycles. The fraction of sp³-hybridized carbons (Fsp3) is 0.538. The van der Waals surface area contributed by atoms with Gasteiger partial charge in [-0.2, -0.15) is 0 Å². The molecular formula is C13H15N3O4. The lowest BCUT2D eigenvalue weighted by atomic mass is 10.1. The van der Waals surface area contributed by atoms with Gasteiger partial charge in [0.25, 0.3) is 0 Å². The molecule has 7 heteroatoms. The monoisotopic (exact) mass is 277 g/mol. The van der Waals surface area contributed by atoms with Crippen LogP contribution in [0.2, 0.25) is 0 Å². The molecule has 0 radical (unpaired) electrons. The summed E-state index contributed by atoms with van der Waals surface area (Å²) in [5.41, 5.74) is 9.73. The normalized spacial score (nSPS) is 35.0. The Kier molecular flexibility index (Phi) is 3.86. The lowest BCUT2D eigenvalue weighted by Crippen LogP contribution is -2.48. The van der Waals surface area contributed by atoms with Gasteiger partial charge in [-0.25, -0.2) is 0 Å². The lowest BCUT2D eigenvalue weighted by molar-refractivity contribution is -0.194. The lowest BCUT2D eigenvalue weighted by Gasteiger charge is -2.31. The summed E-state index contributed by atoms with van der Waals surface area (Å²) in [6.07, 6.45) is -1.53. The second kappa shape index (κ2) is 5.78. The van der Waals surface area contributed by atoms with Gasteiger partial charge < -0.3 is 18.9 Å². The predicted molar refractivity (Wildman–Crippen MR) is 68.5 cm³/mol. The highest BCUT2D eigenvalue weighted by Crippen LogP contribution is 2.39. The van der Waals surface area contributed by atoms with Gasteiger partial charge in [-0.3, -0.25) is 0 Å². The SMILES string of the molecule is CO[C@H]1O[C@@H]2O[C@@H]2[C@H](OCc2ccccc2)[C@H]1N=[N+]=[N-]. The highest BCUT2D eigenvalue weighted by Gasteiger charge is 2.57. The zero-order chi connectivity index (χ0) is 13.9. The molecule has 0 amide bonds. The smallest absolute Gasteiger partial charge is 0.190 e. The molecule has 0 unspecified atom stereocenters. The van der Waals surface area contributed by atoms with Gasteiger partial charge >= 0.3 is 0 Å². The molecule has 7 nitrogen and oxygen atoms in total. The molecule has 1 aromatic carbocycles. The number of hydrogen-bond acceptors (Lipinski definition) is 5. The standard InChI is InChI=1S/C13H15N3O4/c1-17-12-9(15-16-14)10(11-13(19-11)20-12)18-7-8-5-3-2-4-6-8/h2-6,9-13H,7H2,1H3/t9-,10-,11-,12+,13+/m1/s1. The Balaban J connectivity index is 1.70. The Hall–Kier alpha value is -1.63. The van der Waals surface area contributed by atoms with Crippen LogP contribution in [-0.2, 0) is 25.6 Å². The summed E-state index contributed by atoms with van der Waals surface area (Å²) in [6.45, 7) is 0.423. The quantitative estimate of drug-likeness (QED) is 0.356. The van der Waals surface area contributed by atoms with E-state index in [1.165, 1.54) is 7.11 Å². The predicted octanol–water partition coefficient (Wildman–Crippen LogP) is 1.98. The number of methoxy groups -OCH3 is 1. The topological polar surface area (TPSA) is 89.0 Å². The van der Waals surface area contributed by atoms with Crippen LogP contribution in [0.5, 0.6) is 0 Å². The number of fused-ring (bicyclic) bond motifs is 1. The third kappa shape index (κ3) is 2.63. The fourth-order valence-electron chi connectivity index (χ4n) is 2.35. The number of ether oxygens (including phenoxy) is 4. The maximum Gasteiger partial charge on any atom is 0.190 e. The van der Waals surface area contributed by atoms with Crippen LogP contribution in [-0.4, -0.2) is 37.9 Å². The van der Waals surface area contributed by atoms with Gasteiger partial charge in [0.1, 0.15) is 18.2 Å². The highest BCUT2D eigenvalue weighted by atomic mass is 16.8. The second-order valence-corrected chi connectivity index (χ2v) is 4.67. The number of benzene rings is 1. The maximum absolute atomic E-state index is 8.69. The van der Waals surface area contributed by atoms with Crippen molar-refractivity contribution < 1.29 is 18.9 Å². The van der Waals surface area contributed by atoms with Crippen molar-refractivity contribution in [1.29, 1.82) is 0 Å². The van der Waals surface area contributed by atoms with Gasteiger partial charge in [0.15, 0.2) is 12.6 Å². The van der Waals surface area contributed by atoms with Crippen LogP contribution in [0.15, 0.2) is 35.4 Å². The Morgan fingerprint density at radius 1 is 1.30 bits per heavy atom. The molecule has 0 N–H and O–H groups in total. The van der Waals surface area contributed by atoms with Crippen LogP contribution < -0.4 is 0 Å². The Morgan fingerprint density at radius 2 is 2.10 bits per heavy atom. The van der Waals surface area contributed by atoms with Crippen LogP contribution >= 0.6 is 0 Å². The van der Waals surface area contributed by atoms with E-state index in [4.69, 9.17) is 24.5 Å². The van der Waals surface area contributed by atoms with Gasteiger partial charge in [-0.15, -0.1) is 0 Å². The number of rotatable bonds is 5. The Bertz CT molecular complexity index is 506. The number of nitrogens with zero attached hydrogens (tertiary/aromatic N) is 3. The van der Waals surface area contributed by atoms with Crippen molar-refractivity contribution in [2.75, 3.05) is 7.11 Å². The van der Waals surface area contributed by atoms with E-state index in [1.807, 2.05) is 30.3 Å². The number of hydrogen-bond donors (Lipinski definition) is 0. The van der Waals surface area contributed by atoms with E-state index in [0.717, 1.165) is 5.56 Å². The molecule has 0 aliphatic carbocycles. The fourth-order valence-corrected chi connectivity index (χ4v) is 2.35. The molecule has 0 bridgehead atoms. The molecule has 1 aromatic rings. The highest BCUT2D eigenvalue weighted by molar-refractivity contribution is 5.13. The first-order valence-electron chi connectivity index (χ1n) is 6.37. The van der Waals surface area contributed by atoms with Crippen molar-refractivity contribution in [1.82, 2.24) is 0 Å². The minimum absolute atomic E-state index is 0.194. The van der Waals surface area contributed by atoms with Crippen LogP contribution in [0.3, 0.4) is 0 Å². The largest absolute Gasteiger partial charge is 0.370 e. The van der Waals surface area contributed by atoms with Gasteiger partial charge in [0.2, 0.25) is 0 Å². The summed E-state index contributed by atoms with van der Waals surface area (Å²) in [7, 11) is 1.50. The van der Waals surface area contributed by atoms with E-state index in [9.17, 15) is 0 Å². The minimum atomic E-state index is -0.643. The molecule has 2 saturated heterocycles. The molecule has 20 heavy (non-hydrogen) atoms. The van der Waals surface area contributed by atoms with E-state index in [0.29, 0.717) is 6.61 Å². The van der Waals surface area contributed by atoms with E-state index in [-0.39, 0.29) is 18.5 Å². The van der Waals surface area contributed by atoms with Gasteiger partial charge in [0, 0.05) is 12.0 Å². The number of epoxide rings is 1. The van der Waals surface area contributed by atoms with Gasteiger partial charge in [0.05, 0.1) is 6.61 Å². The zero-order valence-corrected chi connectivity index (χ0v) is 11.0. The second-order valence-electron chi connectivity index (χ2n) is 4.67. The molecule has 2 aliphatic rings. The van der Waals surface area contributed by atoms with Gasteiger partial charge in [-0.1, -0.05) is 35.4 Å². The van der Waals surface area contributed by atoms with Crippen molar-refractivity contribution >= 4 is 0 Å². The first-order valence-corrected chi connectivity index (χ1v) is 6.37. The van der Waals surface area contributed by atoms with Crippen molar-refractivity contribution in [3.05, 3.63) is 46.3 Å². The van der Waals surface area contributed by atoms with Crippen LogP contribution in [0, 0.1) is 0 Å². The molecule has 2 heterocycles. The molecular weight excluding hydrogens is 262 g/mol. The molecule has 0 spiro atoms. The maximum atomic E-state index is 8.69. The number of azide groups is 1. The van der Waals surface area contributed by atoms with E-state index in [2.05, 4.69) is 10.0 Å². The van der Waals surface area contributed by atoms with Crippen molar-refractivity contribution in [3.63, 3.8) is 0 Å². The third-order valence-corrected chi connectivity index (χ3v) is 3.39.